The highest BCUT2D eigenvalue weighted by Crippen LogP contribution is 2.29. The minimum Gasteiger partial charge on any atom is -0.375 e. The van der Waals surface area contributed by atoms with Gasteiger partial charge in [0.15, 0.2) is 0 Å². The van der Waals surface area contributed by atoms with E-state index < -0.39 is 0 Å². The van der Waals surface area contributed by atoms with Crippen molar-refractivity contribution in [2.24, 2.45) is 0 Å². The van der Waals surface area contributed by atoms with E-state index in [9.17, 15) is 4.79 Å². The monoisotopic (exact) mass is 288 g/mol. The van der Waals surface area contributed by atoms with Crippen molar-refractivity contribution in [3.05, 3.63) is 35.9 Å². The highest BCUT2D eigenvalue weighted by atomic mass is 16.5. The van der Waals surface area contributed by atoms with Gasteiger partial charge in [-0.25, -0.2) is 0 Å². The molecule has 1 heterocycles. The zero-order valence-electron chi connectivity index (χ0n) is 12.7. The van der Waals surface area contributed by atoms with Crippen molar-refractivity contribution in [2.75, 3.05) is 33.4 Å². The third kappa shape index (κ3) is 3.63. The summed E-state index contributed by atoms with van der Waals surface area (Å²) in [6.45, 7) is 3.02. The standard InChI is InChI=1S/C17H24N2O2/c1-21-13-17(20)19-10-9-18(15-7-8-15)12-16(19)11-14-5-3-2-4-6-14/h2-6,15-16H,7-13H2,1H3. The number of rotatable bonds is 5. The highest BCUT2D eigenvalue weighted by molar-refractivity contribution is 5.78. The number of carbonyl (C=O) groups excluding carboxylic acids is 1. The summed E-state index contributed by atoms with van der Waals surface area (Å²) in [6, 6.07) is 11.5. The molecule has 1 aliphatic carbocycles. The van der Waals surface area contributed by atoms with Crippen molar-refractivity contribution in [2.45, 2.75) is 31.3 Å². The maximum Gasteiger partial charge on any atom is 0.248 e. The lowest BCUT2D eigenvalue weighted by molar-refractivity contribution is -0.140. The Balaban J connectivity index is 1.70. The fourth-order valence-electron chi connectivity index (χ4n) is 3.25. The summed E-state index contributed by atoms with van der Waals surface area (Å²) in [7, 11) is 1.59. The molecule has 0 spiro atoms. The van der Waals surface area contributed by atoms with Crippen molar-refractivity contribution in [3.8, 4) is 0 Å². The van der Waals surface area contributed by atoms with Gasteiger partial charge in [-0.2, -0.15) is 0 Å². The summed E-state index contributed by atoms with van der Waals surface area (Å²) in [5.41, 5.74) is 1.30. The van der Waals surface area contributed by atoms with Crippen LogP contribution in [-0.4, -0.2) is 61.1 Å². The molecule has 2 aliphatic rings. The van der Waals surface area contributed by atoms with Crippen LogP contribution in [0.2, 0.25) is 0 Å². The summed E-state index contributed by atoms with van der Waals surface area (Å²) in [5.74, 6) is 0.119. The average molecular weight is 288 g/mol. The first-order chi connectivity index (χ1) is 10.3. The molecule has 3 rings (SSSR count). The van der Waals surface area contributed by atoms with E-state index in [1.165, 1.54) is 18.4 Å². The second-order valence-corrected chi connectivity index (χ2v) is 6.09. The smallest absolute Gasteiger partial charge is 0.248 e. The maximum atomic E-state index is 12.3. The number of carbonyl (C=O) groups is 1. The minimum atomic E-state index is 0.119. The van der Waals surface area contributed by atoms with Crippen molar-refractivity contribution in [1.29, 1.82) is 0 Å². The summed E-state index contributed by atoms with van der Waals surface area (Å²) in [5, 5.41) is 0. The fraction of sp³-hybridized carbons (Fsp3) is 0.588. The van der Waals surface area contributed by atoms with Gasteiger partial charge in [0.05, 0.1) is 0 Å². The van der Waals surface area contributed by atoms with Gasteiger partial charge in [-0.1, -0.05) is 30.3 Å². The highest BCUT2D eigenvalue weighted by Gasteiger charge is 2.36. The van der Waals surface area contributed by atoms with Crippen molar-refractivity contribution in [1.82, 2.24) is 9.80 Å². The van der Waals surface area contributed by atoms with E-state index in [1.54, 1.807) is 7.11 Å². The Bertz CT molecular complexity index is 473. The SMILES string of the molecule is COCC(=O)N1CCN(C2CC2)CC1Cc1ccccc1. The van der Waals surface area contributed by atoms with Crippen LogP contribution in [-0.2, 0) is 16.0 Å². The Hall–Kier alpha value is -1.39. The molecule has 1 aromatic rings. The second-order valence-electron chi connectivity index (χ2n) is 6.09. The normalized spacial score (nSPS) is 23.3. The Morgan fingerprint density at radius 3 is 2.67 bits per heavy atom. The molecule has 0 bridgehead atoms. The van der Waals surface area contributed by atoms with Crippen molar-refractivity contribution < 1.29 is 9.53 Å². The number of hydrogen-bond acceptors (Lipinski definition) is 3. The van der Waals surface area contributed by atoms with Crippen LogP contribution < -0.4 is 0 Å². The average Bonchev–Trinajstić information content (AvgIpc) is 3.33. The molecule has 1 aliphatic heterocycles. The number of methoxy groups -OCH3 is 1. The molecule has 0 aromatic heterocycles. The molecule has 1 amide bonds. The van der Waals surface area contributed by atoms with E-state index in [-0.39, 0.29) is 18.6 Å². The number of ether oxygens (including phenoxy) is 1. The third-order valence-corrected chi connectivity index (χ3v) is 4.48. The summed E-state index contributed by atoms with van der Waals surface area (Å²) < 4.78 is 5.04. The van der Waals surface area contributed by atoms with E-state index in [4.69, 9.17) is 4.74 Å². The molecule has 4 heteroatoms. The van der Waals surface area contributed by atoms with Gasteiger partial charge in [-0.05, 0) is 24.8 Å². The zero-order chi connectivity index (χ0) is 14.7. The van der Waals surface area contributed by atoms with Crippen molar-refractivity contribution >= 4 is 5.91 Å². The number of nitrogens with zero attached hydrogens (tertiary/aromatic N) is 2. The molecule has 114 valence electrons. The van der Waals surface area contributed by atoms with Crippen molar-refractivity contribution in [3.63, 3.8) is 0 Å². The van der Waals surface area contributed by atoms with Crippen LogP contribution >= 0.6 is 0 Å². The summed E-state index contributed by atoms with van der Waals surface area (Å²) in [4.78, 5) is 16.9. The first kappa shape index (κ1) is 14.5. The quantitative estimate of drug-likeness (QED) is 0.824. The van der Waals surface area contributed by atoms with E-state index in [0.29, 0.717) is 0 Å². The number of amides is 1. The molecule has 2 fully saturated rings. The van der Waals surface area contributed by atoms with Crippen LogP contribution in [0.3, 0.4) is 0 Å². The Kier molecular flexibility index (Phi) is 4.56. The Labute approximate surface area is 126 Å². The lowest BCUT2D eigenvalue weighted by atomic mass is 10.0. The molecule has 1 saturated heterocycles. The molecular weight excluding hydrogens is 264 g/mol. The van der Waals surface area contributed by atoms with E-state index >= 15 is 0 Å². The van der Waals surface area contributed by atoms with E-state index in [2.05, 4.69) is 29.2 Å². The third-order valence-electron chi connectivity index (χ3n) is 4.48. The second kappa shape index (κ2) is 6.58. The lowest BCUT2D eigenvalue weighted by Crippen LogP contribution is -2.57. The molecule has 0 N–H and O–H groups in total. The van der Waals surface area contributed by atoms with Crippen LogP contribution in [0.15, 0.2) is 30.3 Å². The molecule has 0 radical (unpaired) electrons. The number of benzene rings is 1. The molecule has 1 saturated carbocycles. The first-order valence-electron chi connectivity index (χ1n) is 7.84. The summed E-state index contributed by atoms with van der Waals surface area (Å²) in [6.07, 6.45) is 3.58. The van der Waals surface area contributed by atoms with Gasteiger partial charge in [-0.15, -0.1) is 0 Å². The largest absolute Gasteiger partial charge is 0.375 e. The number of hydrogen-bond donors (Lipinski definition) is 0. The topological polar surface area (TPSA) is 32.8 Å². The van der Waals surface area contributed by atoms with Gasteiger partial charge in [0, 0.05) is 38.8 Å². The van der Waals surface area contributed by atoms with E-state index in [0.717, 1.165) is 32.1 Å². The van der Waals surface area contributed by atoms with Crippen LogP contribution in [0, 0.1) is 0 Å². The molecule has 1 aromatic carbocycles. The minimum absolute atomic E-state index is 0.119. The van der Waals surface area contributed by atoms with E-state index in [1.807, 2.05) is 11.0 Å². The molecular formula is C17H24N2O2. The molecule has 21 heavy (non-hydrogen) atoms. The molecule has 4 nitrogen and oxygen atoms in total. The number of piperazine rings is 1. The van der Waals surface area contributed by atoms with Gasteiger partial charge in [0.2, 0.25) is 5.91 Å². The predicted molar refractivity (Wildman–Crippen MR) is 82.1 cm³/mol. The van der Waals surface area contributed by atoms with Gasteiger partial charge < -0.3 is 9.64 Å². The maximum absolute atomic E-state index is 12.3. The Morgan fingerprint density at radius 1 is 1.24 bits per heavy atom. The Morgan fingerprint density at radius 2 is 2.00 bits per heavy atom. The zero-order valence-corrected chi connectivity index (χ0v) is 12.7. The van der Waals surface area contributed by atoms with Crippen LogP contribution in [0.5, 0.6) is 0 Å². The van der Waals surface area contributed by atoms with Crippen LogP contribution in [0.1, 0.15) is 18.4 Å². The van der Waals surface area contributed by atoms with Crippen LogP contribution in [0.4, 0.5) is 0 Å². The fourth-order valence-corrected chi connectivity index (χ4v) is 3.25. The van der Waals surface area contributed by atoms with Gasteiger partial charge in [0.1, 0.15) is 6.61 Å². The van der Waals surface area contributed by atoms with Gasteiger partial charge in [-0.3, -0.25) is 9.69 Å². The molecule has 1 atom stereocenters. The van der Waals surface area contributed by atoms with Crippen LogP contribution in [0.25, 0.3) is 0 Å². The predicted octanol–water partition coefficient (Wildman–Crippen LogP) is 1.55. The van der Waals surface area contributed by atoms with Gasteiger partial charge in [0.25, 0.3) is 0 Å². The summed E-state index contributed by atoms with van der Waals surface area (Å²) >= 11 is 0. The first-order valence-corrected chi connectivity index (χ1v) is 7.84. The van der Waals surface area contributed by atoms with Gasteiger partial charge >= 0.3 is 0 Å². The lowest BCUT2D eigenvalue weighted by Gasteiger charge is -2.41. The molecule has 1 unspecified atom stereocenters.